The van der Waals surface area contributed by atoms with E-state index in [0.717, 1.165) is 18.4 Å². The smallest absolute Gasteiger partial charge is 0.349 e. The van der Waals surface area contributed by atoms with Gasteiger partial charge in [0.1, 0.15) is 11.7 Å². The summed E-state index contributed by atoms with van der Waals surface area (Å²) >= 11 is 0. The number of hydrogen-bond acceptors (Lipinski definition) is 3. The third-order valence-corrected chi connectivity index (χ3v) is 6.17. The monoisotopic (exact) mass is 444 g/mol. The number of aromatic amines is 1. The number of hydrogen-bond donors (Lipinski definition) is 2. The number of H-pyrrole nitrogens is 1. The van der Waals surface area contributed by atoms with E-state index in [0.29, 0.717) is 30.6 Å². The molecule has 1 aromatic carbocycles. The molecule has 1 aliphatic carbocycles. The van der Waals surface area contributed by atoms with Gasteiger partial charge in [-0.3, -0.25) is 15.1 Å². The molecule has 1 fully saturated rings. The average molecular weight is 445 g/mol. The third-order valence-electron chi connectivity index (χ3n) is 6.17. The summed E-state index contributed by atoms with van der Waals surface area (Å²) in [5, 5.41) is 2.84. The molecule has 8 heteroatoms. The van der Waals surface area contributed by atoms with E-state index < -0.39 is 12.2 Å². The van der Waals surface area contributed by atoms with Gasteiger partial charge >= 0.3 is 6.18 Å². The van der Waals surface area contributed by atoms with Crippen molar-refractivity contribution in [3.8, 4) is 0 Å². The minimum Gasteiger partial charge on any atom is -0.349 e. The van der Waals surface area contributed by atoms with Gasteiger partial charge in [-0.2, -0.15) is 13.2 Å². The van der Waals surface area contributed by atoms with Gasteiger partial charge in [0.05, 0.1) is 11.0 Å². The van der Waals surface area contributed by atoms with Crippen molar-refractivity contribution in [3.05, 3.63) is 66.0 Å². The predicted octanol–water partition coefficient (Wildman–Crippen LogP) is 5.23. The van der Waals surface area contributed by atoms with Crippen LogP contribution >= 0.6 is 0 Å². The lowest BCUT2D eigenvalue weighted by Gasteiger charge is -2.38. The molecule has 0 spiro atoms. The number of carbonyl (C=O) groups is 1. The Balaban J connectivity index is 1.49. The van der Waals surface area contributed by atoms with Gasteiger partial charge in [-0.05, 0) is 56.4 Å². The zero-order valence-corrected chi connectivity index (χ0v) is 17.9. The summed E-state index contributed by atoms with van der Waals surface area (Å²) in [6.45, 7) is 2.39. The molecular weight excluding hydrogens is 417 g/mol. The van der Waals surface area contributed by atoms with E-state index in [-0.39, 0.29) is 23.6 Å². The highest BCUT2D eigenvalue weighted by Crippen LogP contribution is 2.35. The second kappa shape index (κ2) is 9.32. The second-order valence-electron chi connectivity index (χ2n) is 8.28. The van der Waals surface area contributed by atoms with Gasteiger partial charge in [0.25, 0.3) is 5.91 Å². The Kier molecular flexibility index (Phi) is 6.50. The maximum Gasteiger partial charge on any atom is 0.407 e. The van der Waals surface area contributed by atoms with Gasteiger partial charge in [0, 0.05) is 24.8 Å². The highest BCUT2D eigenvalue weighted by atomic mass is 19.4. The van der Waals surface area contributed by atoms with Crippen LogP contribution in [0, 0.1) is 0 Å². The van der Waals surface area contributed by atoms with Gasteiger partial charge in [-0.15, -0.1) is 0 Å². The maximum absolute atomic E-state index is 13.8. The summed E-state index contributed by atoms with van der Waals surface area (Å²) in [5.74, 6) is -0.147. The van der Waals surface area contributed by atoms with Crippen molar-refractivity contribution in [3.63, 3.8) is 0 Å². The third kappa shape index (κ3) is 4.80. The fraction of sp³-hybridized carbons (Fsp3) is 0.417. The standard InChI is InChI=1S/C24H27F3N4O/c1-2-31(23(32)21-15-20-19(30-21)12-7-13-28-20)18-11-6-10-17(14-18)29-22(24(25,26)27)16-8-4-3-5-9-16/h3-5,7-9,12-13,15,17-18,22,29-30H,2,6,10-11,14H2,1H3/t17?,18-,22+/m0/s1. The number of nitrogens with one attached hydrogen (secondary N) is 2. The number of benzene rings is 1. The van der Waals surface area contributed by atoms with Gasteiger partial charge in [0.2, 0.25) is 0 Å². The summed E-state index contributed by atoms with van der Waals surface area (Å²) < 4.78 is 41.4. The first kappa shape index (κ1) is 22.3. The summed E-state index contributed by atoms with van der Waals surface area (Å²) in [4.78, 5) is 22.4. The van der Waals surface area contributed by atoms with Crippen molar-refractivity contribution in [1.29, 1.82) is 0 Å². The first-order valence-electron chi connectivity index (χ1n) is 11.0. The average Bonchev–Trinajstić information content (AvgIpc) is 3.22. The highest BCUT2D eigenvalue weighted by Gasteiger charge is 2.42. The fourth-order valence-corrected chi connectivity index (χ4v) is 4.65. The normalized spacial score (nSPS) is 20.2. The first-order valence-corrected chi connectivity index (χ1v) is 11.0. The van der Waals surface area contributed by atoms with Crippen LogP contribution in [-0.2, 0) is 0 Å². The van der Waals surface area contributed by atoms with E-state index in [4.69, 9.17) is 0 Å². The van der Waals surface area contributed by atoms with Crippen LogP contribution in [0.4, 0.5) is 13.2 Å². The van der Waals surface area contributed by atoms with Crippen molar-refractivity contribution in [2.24, 2.45) is 0 Å². The molecule has 0 aliphatic heterocycles. The van der Waals surface area contributed by atoms with Gasteiger partial charge in [0.15, 0.2) is 0 Å². The van der Waals surface area contributed by atoms with E-state index in [1.165, 1.54) is 12.1 Å². The molecule has 5 nitrogen and oxygen atoms in total. The Morgan fingerprint density at radius 1 is 1.22 bits per heavy atom. The van der Waals surface area contributed by atoms with Crippen LogP contribution < -0.4 is 5.32 Å². The van der Waals surface area contributed by atoms with E-state index in [9.17, 15) is 18.0 Å². The SMILES string of the molecule is CCN(C(=O)c1cc2ncccc2[nH]1)[C@H]1CCCC(N[C@H](c2ccccc2)C(F)(F)F)C1. The number of aromatic nitrogens is 2. The Hall–Kier alpha value is -2.87. The second-order valence-corrected chi connectivity index (χ2v) is 8.28. The minimum atomic E-state index is -4.40. The van der Waals surface area contributed by atoms with Crippen LogP contribution in [0.25, 0.3) is 11.0 Å². The molecule has 1 saturated carbocycles. The van der Waals surface area contributed by atoms with E-state index in [1.807, 2.05) is 13.0 Å². The Morgan fingerprint density at radius 3 is 2.69 bits per heavy atom. The lowest BCUT2D eigenvalue weighted by atomic mass is 9.88. The van der Waals surface area contributed by atoms with Crippen molar-refractivity contribution in [2.45, 2.75) is 56.9 Å². The van der Waals surface area contributed by atoms with Crippen LogP contribution in [0.15, 0.2) is 54.7 Å². The number of nitrogens with zero attached hydrogens (tertiary/aromatic N) is 2. The molecular formula is C24H27F3N4O. The van der Waals surface area contributed by atoms with Crippen LogP contribution in [0.2, 0.25) is 0 Å². The first-order chi connectivity index (χ1) is 15.4. The molecule has 4 rings (SSSR count). The van der Waals surface area contributed by atoms with Crippen molar-refractivity contribution in [2.75, 3.05) is 6.54 Å². The molecule has 3 aromatic rings. The molecule has 0 radical (unpaired) electrons. The van der Waals surface area contributed by atoms with Gasteiger partial charge < -0.3 is 9.88 Å². The molecule has 0 bridgehead atoms. The highest BCUT2D eigenvalue weighted by molar-refractivity contribution is 5.97. The quantitative estimate of drug-likeness (QED) is 0.547. The minimum absolute atomic E-state index is 0.122. The predicted molar refractivity (Wildman–Crippen MR) is 117 cm³/mol. The van der Waals surface area contributed by atoms with Crippen molar-refractivity contribution < 1.29 is 18.0 Å². The van der Waals surface area contributed by atoms with Crippen LogP contribution in [0.3, 0.4) is 0 Å². The lowest BCUT2D eigenvalue weighted by Crippen LogP contribution is -2.49. The Morgan fingerprint density at radius 2 is 2.00 bits per heavy atom. The number of alkyl halides is 3. The lowest BCUT2D eigenvalue weighted by molar-refractivity contribution is -0.160. The van der Waals surface area contributed by atoms with E-state index >= 15 is 0 Å². The largest absolute Gasteiger partial charge is 0.407 e. The molecule has 1 aliphatic rings. The van der Waals surface area contributed by atoms with Crippen molar-refractivity contribution >= 4 is 16.9 Å². The number of rotatable bonds is 6. The molecule has 3 atom stereocenters. The Labute approximate surface area is 185 Å². The number of carbonyl (C=O) groups excluding carboxylic acids is 1. The number of pyridine rings is 1. The molecule has 0 saturated heterocycles. The molecule has 2 heterocycles. The zero-order valence-electron chi connectivity index (χ0n) is 17.9. The van der Waals surface area contributed by atoms with Crippen LogP contribution in [0.1, 0.15) is 54.7 Å². The van der Waals surface area contributed by atoms with Crippen LogP contribution in [-0.4, -0.2) is 45.6 Å². The summed E-state index contributed by atoms with van der Waals surface area (Å²) in [6, 6.07) is 11.1. The molecule has 170 valence electrons. The maximum atomic E-state index is 13.8. The van der Waals surface area contributed by atoms with Gasteiger partial charge in [-0.1, -0.05) is 30.3 Å². The molecule has 2 aromatic heterocycles. The number of fused-ring (bicyclic) bond motifs is 1. The zero-order chi connectivity index (χ0) is 22.7. The molecule has 2 N–H and O–H groups in total. The van der Waals surface area contributed by atoms with Crippen molar-refractivity contribution in [1.82, 2.24) is 20.2 Å². The van der Waals surface area contributed by atoms with Gasteiger partial charge in [-0.25, -0.2) is 0 Å². The Bertz CT molecular complexity index is 1020. The molecule has 1 amide bonds. The number of amides is 1. The van der Waals surface area contributed by atoms with E-state index in [1.54, 1.807) is 41.4 Å². The van der Waals surface area contributed by atoms with E-state index in [2.05, 4.69) is 15.3 Å². The molecule has 1 unspecified atom stereocenters. The summed E-state index contributed by atoms with van der Waals surface area (Å²) in [7, 11) is 0. The summed E-state index contributed by atoms with van der Waals surface area (Å²) in [6.07, 6.45) is -0.0530. The summed E-state index contributed by atoms with van der Waals surface area (Å²) in [5.41, 5.74) is 2.15. The fourth-order valence-electron chi connectivity index (χ4n) is 4.65. The topological polar surface area (TPSA) is 61.0 Å². The molecule has 32 heavy (non-hydrogen) atoms. The van der Waals surface area contributed by atoms with Crippen LogP contribution in [0.5, 0.6) is 0 Å². The number of halogens is 3.